The highest BCUT2D eigenvalue weighted by atomic mass is 32.1. The number of benzene rings is 2. The number of nitrogens with one attached hydrogen (secondary N) is 1. The van der Waals surface area contributed by atoms with Gasteiger partial charge in [-0.15, -0.1) is 11.3 Å². The molecule has 0 radical (unpaired) electrons. The lowest BCUT2D eigenvalue weighted by atomic mass is 9.86. The first kappa shape index (κ1) is 22.5. The van der Waals surface area contributed by atoms with Crippen molar-refractivity contribution < 1.29 is 4.79 Å². The monoisotopic (exact) mass is 429 g/mol. The van der Waals surface area contributed by atoms with Crippen molar-refractivity contribution in [2.75, 3.05) is 0 Å². The summed E-state index contributed by atoms with van der Waals surface area (Å²) in [5, 5.41) is 13.9. The van der Waals surface area contributed by atoms with Crippen molar-refractivity contribution in [1.82, 2.24) is 10.3 Å². The normalized spacial score (nSPS) is 12.1. The zero-order valence-corrected chi connectivity index (χ0v) is 19.4. The van der Waals surface area contributed by atoms with Crippen LogP contribution < -0.4 is 5.32 Å². The summed E-state index contributed by atoms with van der Waals surface area (Å²) >= 11 is 1.36. The molecule has 0 fully saturated rings. The van der Waals surface area contributed by atoms with Crippen molar-refractivity contribution in [3.63, 3.8) is 0 Å². The van der Waals surface area contributed by atoms with Gasteiger partial charge in [-0.1, -0.05) is 75.4 Å². The quantitative estimate of drug-likeness (QED) is 0.501. The minimum absolute atomic E-state index is 0.221. The largest absolute Gasteiger partial charge is 0.323 e. The highest BCUT2D eigenvalue weighted by molar-refractivity contribution is 7.13. The lowest BCUT2D eigenvalue weighted by Crippen LogP contribution is -2.31. The molecule has 0 atom stereocenters. The minimum Gasteiger partial charge on any atom is -0.323 e. The summed E-state index contributed by atoms with van der Waals surface area (Å²) < 4.78 is 0. The zero-order valence-electron chi connectivity index (χ0n) is 18.6. The number of aromatic nitrogens is 1. The first-order chi connectivity index (χ1) is 14.7. The van der Waals surface area contributed by atoms with Gasteiger partial charge in [0.25, 0.3) is 5.91 Å². The number of thiazole rings is 1. The van der Waals surface area contributed by atoms with Gasteiger partial charge in [-0.3, -0.25) is 4.79 Å². The summed E-state index contributed by atoms with van der Waals surface area (Å²) in [4.78, 5) is 17.9. The van der Waals surface area contributed by atoms with Crippen LogP contribution in [0.5, 0.6) is 0 Å². The van der Waals surface area contributed by atoms with E-state index in [0.29, 0.717) is 21.8 Å². The van der Waals surface area contributed by atoms with Gasteiger partial charge in [-0.2, -0.15) is 5.26 Å². The molecule has 1 heterocycles. The number of aryl methyl sites for hydroxylation is 2. The molecule has 1 N–H and O–H groups in total. The van der Waals surface area contributed by atoms with E-state index in [4.69, 9.17) is 0 Å². The molecule has 3 rings (SSSR count). The van der Waals surface area contributed by atoms with Crippen molar-refractivity contribution in [2.24, 2.45) is 5.41 Å². The lowest BCUT2D eigenvalue weighted by Gasteiger charge is -2.25. The third-order valence-corrected chi connectivity index (χ3v) is 6.03. The molecule has 0 saturated heterocycles. The number of nitriles is 1. The van der Waals surface area contributed by atoms with Crippen LogP contribution >= 0.6 is 11.3 Å². The van der Waals surface area contributed by atoms with Gasteiger partial charge in [0.2, 0.25) is 0 Å². The second kappa shape index (κ2) is 9.28. The van der Waals surface area contributed by atoms with E-state index in [1.807, 2.05) is 77.1 Å². The predicted octanol–water partition coefficient (Wildman–Crippen LogP) is 6.06. The van der Waals surface area contributed by atoms with Crippen molar-refractivity contribution in [2.45, 2.75) is 41.0 Å². The Hall–Kier alpha value is -3.23. The van der Waals surface area contributed by atoms with Gasteiger partial charge >= 0.3 is 0 Å². The van der Waals surface area contributed by atoms with Gasteiger partial charge in [-0.25, -0.2) is 4.98 Å². The summed E-state index contributed by atoms with van der Waals surface area (Å²) in [5.41, 5.74) is 4.58. The number of hydrogen-bond acceptors (Lipinski definition) is 4. The molecule has 4 nitrogen and oxygen atoms in total. The maximum atomic E-state index is 13.0. The summed E-state index contributed by atoms with van der Waals surface area (Å²) in [7, 11) is 0. The Balaban J connectivity index is 1.94. The van der Waals surface area contributed by atoms with Crippen molar-refractivity contribution in [1.29, 1.82) is 5.26 Å². The molecule has 1 aromatic heterocycles. The fourth-order valence-corrected chi connectivity index (χ4v) is 4.24. The number of amides is 1. The van der Waals surface area contributed by atoms with Crippen molar-refractivity contribution >= 4 is 22.8 Å². The Morgan fingerprint density at radius 2 is 1.65 bits per heavy atom. The molecule has 1 amide bonds. The van der Waals surface area contributed by atoms with Crippen LogP contribution in [0.4, 0.5) is 0 Å². The zero-order chi connectivity index (χ0) is 22.6. The average molecular weight is 430 g/mol. The first-order valence-electron chi connectivity index (χ1n) is 10.2. The van der Waals surface area contributed by atoms with E-state index < -0.39 is 5.41 Å². The fourth-order valence-electron chi connectivity index (χ4n) is 3.42. The predicted molar refractivity (Wildman–Crippen MR) is 127 cm³/mol. The molecule has 158 valence electrons. The van der Waals surface area contributed by atoms with E-state index in [0.717, 1.165) is 17.0 Å². The molecule has 31 heavy (non-hydrogen) atoms. The standard InChI is InChI=1S/C26H27N3OS/c1-17-23(31-18(2)28-17)25(30)29-24(26(3,4)5)22(16-27)21-13-11-20(12-14-21)15-19-9-7-6-8-10-19/h6-14H,15H2,1-5H3,(H,29,30). The second-order valence-corrected chi connectivity index (χ2v) is 9.78. The molecule has 3 aromatic rings. The van der Waals surface area contributed by atoms with Crippen LogP contribution in [0.1, 0.15) is 57.8 Å². The van der Waals surface area contributed by atoms with Gasteiger partial charge in [0, 0.05) is 11.1 Å². The molecule has 2 aromatic carbocycles. The third-order valence-electron chi connectivity index (χ3n) is 4.95. The van der Waals surface area contributed by atoms with E-state index >= 15 is 0 Å². The first-order valence-corrected chi connectivity index (χ1v) is 11.0. The van der Waals surface area contributed by atoms with E-state index in [1.165, 1.54) is 22.5 Å². The van der Waals surface area contributed by atoms with Crippen LogP contribution in [0.25, 0.3) is 5.57 Å². The molecule has 0 aliphatic heterocycles. The SMILES string of the molecule is Cc1nc(C)c(C(=O)NC(=C(C#N)c2ccc(Cc3ccccc3)cc2)C(C)(C)C)s1. The molecule has 0 saturated carbocycles. The Bertz CT molecular complexity index is 1140. The van der Waals surface area contributed by atoms with Crippen molar-refractivity contribution in [3.8, 4) is 6.07 Å². The summed E-state index contributed by atoms with van der Waals surface area (Å²) in [6, 6.07) is 20.6. The Morgan fingerprint density at radius 1 is 1.03 bits per heavy atom. The Morgan fingerprint density at radius 3 is 2.16 bits per heavy atom. The molecule has 0 bridgehead atoms. The Labute approximate surface area is 188 Å². The average Bonchev–Trinajstić information content (AvgIpc) is 3.07. The maximum absolute atomic E-state index is 13.0. The molecular formula is C26H27N3OS. The van der Waals surface area contributed by atoms with Gasteiger partial charge in [0.1, 0.15) is 10.9 Å². The fraction of sp³-hybridized carbons (Fsp3) is 0.269. The highest BCUT2D eigenvalue weighted by Gasteiger charge is 2.26. The van der Waals surface area contributed by atoms with Crippen LogP contribution in [0.3, 0.4) is 0 Å². The van der Waals surface area contributed by atoms with Gasteiger partial charge in [0.15, 0.2) is 0 Å². The molecule has 0 unspecified atom stereocenters. The Kier molecular flexibility index (Phi) is 6.72. The highest BCUT2D eigenvalue weighted by Crippen LogP contribution is 2.31. The number of rotatable bonds is 5. The molecule has 0 spiro atoms. The van der Waals surface area contributed by atoms with E-state index in [1.54, 1.807) is 0 Å². The van der Waals surface area contributed by atoms with Crippen molar-refractivity contribution in [3.05, 3.63) is 92.6 Å². The topological polar surface area (TPSA) is 65.8 Å². The number of carbonyl (C=O) groups is 1. The van der Waals surface area contributed by atoms with E-state index in [9.17, 15) is 10.1 Å². The van der Waals surface area contributed by atoms with E-state index in [-0.39, 0.29) is 5.91 Å². The summed E-state index contributed by atoms with van der Waals surface area (Å²) in [6.07, 6.45) is 0.833. The summed E-state index contributed by atoms with van der Waals surface area (Å²) in [5.74, 6) is -0.221. The van der Waals surface area contributed by atoms with Crippen LogP contribution in [0, 0.1) is 30.6 Å². The maximum Gasteiger partial charge on any atom is 0.267 e. The smallest absolute Gasteiger partial charge is 0.267 e. The third kappa shape index (κ3) is 5.48. The number of hydrogen-bond donors (Lipinski definition) is 1. The van der Waals surface area contributed by atoms with Crippen LogP contribution in [-0.2, 0) is 6.42 Å². The van der Waals surface area contributed by atoms with Gasteiger partial charge in [-0.05, 0) is 37.0 Å². The number of allylic oxidation sites excluding steroid dienone is 2. The second-order valence-electron chi connectivity index (χ2n) is 8.57. The lowest BCUT2D eigenvalue weighted by molar-refractivity contribution is 0.0961. The molecule has 5 heteroatoms. The van der Waals surface area contributed by atoms with Gasteiger partial charge < -0.3 is 5.32 Å². The number of nitrogens with zero attached hydrogens (tertiary/aromatic N) is 2. The summed E-state index contributed by atoms with van der Waals surface area (Å²) in [6.45, 7) is 9.69. The van der Waals surface area contributed by atoms with E-state index in [2.05, 4.69) is 28.5 Å². The van der Waals surface area contributed by atoms with Crippen LogP contribution in [0.15, 0.2) is 60.3 Å². The van der Waals surface area contributed by atoms with Crippen LogP contribution in [-0.4, -0.2) is 10.9 Å². The molecular weight excluding hydrogens is 402 g/mol. The van der Waals surface area contributed by atoms with Crippen LogP contribution in [0.2, 0.25) is 0 Å². The molecule has 0 aliphatic rings. The number of carbonyl (C=O) groups excluding carboxylic acids is 1. The van der Waals surface area contributed by atoms with Gasteiger partial charge in [0.05, 0.1) is 16.3 Å². The minimum atomic E-state index is -0.420. The molecule has 0 aliphatic carbocycles.